The standard InChI is InChI=1S/C10H18N2OS/c1-4-13-8(2)9(11-3)7-10-12-5-6-14-10/h5-6,8-9,11H,4,7H2,1-3H3. The van der Waals surface area contributed by atoms with Gasteiger partial charge in [-0.1, -0.05) is 0 Å². The molecule has 1 aromatic rings. The molecule has 1 N–H and O–H groups in total. The predicted molar refractivity (Wildman–Crippen MR) is 59.8 cm³/mol. The van der Waals surface area contributed by atoms with Gasteiger partial charge in [-0.25, -0.2) is 4.98 Å². The van der Waals surface area contributed by atoms with Gasteiger partial charge in [0.05, 0.1) is 11.1 Å². The summed E-state index contributed by atoms with van der Waals surface area (Å²) in [5, 5.41) is 6.44. The zero-order valence-corrected chi connectivity index (χ0v) is 9.80. The van der Waals surface area contributed by atoms with E-state index < -0.39 is 0 Å². The number of nitrogens with zero attached hydrogens (tertiary/aromatic N) is 1. The highest BCUT2D eigenvalue weighted by Crippen LogP contribution is 2.10. The van der Waals surface area contributed by atoms with Crippen molar-refractivity contribution in [2.45, 2.75) is 32.4 Å². The fourth-order valence-corrected chi connectivity index (χ4v) is 2.10. The number of ether oxygens (including phenoxy) is 1. The number of hydrogen-bond donors (Lipinski definition) is 1. The normalized spacial score (nSPS) is 15.4. The molecule has 0 aliphatic carbocycles. The van der Waals surface area contributed by atoms with Crippen LogP contribution in [0, 0.1) is 0 Å². The highest BCUT2D eigenvalue weighted by Gasteiger charge is 2.16. The van der Waals surface area contributed by atoms with Gasteiger partial charge in [0.2, 0.25) is 0 Å². The maximum Gasteiger partial charge on any atom is 0.0941 e. The summed E-state index contributed by atoms with van der Waals surface area (Å²) in [6.07, 6.45) is 3.02. The lowest BCUT2D eigenvalue weighted by Gasteiger charge is -2.22. The van der Waals surface area contributed by atoms with Gasteiger partial charge in [0.25, 0.3) is 0 Å². The van der Waals surface area contributed by atoms with Crippen molar-refractivity contribution in [1.29, 1.82) is 0 Å². The number of aromatic nitrogens is 1. The lowest BCUT2D eigenvalue weighted by molar-refractivity contribution is 0.0496. The first kappa shape index (κ1) is 11.6. The van der Waals surface area contributed by atoms with Crippen LogP contribution in [0.3, 0.4) is 0 Å². The molecule has 0 radical (unpaired) electrons. The van der Waals surface area contributed by atoms with Crippen LogP contribution in [0.5, 0.6) is 0 Å². The minimum atomic E-state index is 0.230. The Morgan fingerprint density at radius 2 is 2.43 bits per heavy atom. The van der Waals surface area contributed by atoms with Crippen LogP contribution >= 0.6 is 11.3 Å². The van der Waals surface area contributed by atoms with Crippen molar-refractivity contribution in [3.8, 4) is 0 Å². The monoisotopic (exact) mass is 214 g/mol. The van der Waals surface area contributed by atoms with Crippen LogP contribution in [-0.4, -0.2) is 30.8 Å². The molecule has 0 saturated carbocycles. The van der Waals surface area contributed by atoms with Gasteiger partial charge >= 0.3 is 0 Å². The molecule has 0 amide bonds. The Labute approximate surface area is 89.5 Å². The van der Waals surface area contributed by atoms with E-state index in [1.165, 1.54) is 0 Å². The summed E-state index contributed by atoms with van der Waals surface area (Å²) in [6.45, 7) is 4.88. The molecule has 0 saturated heterocycles. The minimum absolute atomic E-state index is 0.230. The van der Waals surface area contributed by atoms with E-state index in [4.69, 9.17) is 4.74 Å². The molecule has 0 aromatic carbocycles. The molecule has 3 nitrogen and oxygen atoms in total. The fraction of sp³-hybridized carbons (Fsp3) is 0.700. The van der Waals surface area contributed by atoms with Gasteiger partial charge in [-0.2, -0.15) is 0 Å². The summed E-state index contributed by atoms with van der Waals surface area (Å²) in [5.74, 6) is 0. The Balaban J connectivity index is 2.46. The van der Waals surface area contributed by atoms with Gasteiger partial charge in [0.1, 0.15) is 0 Å². The van der Waals surface area contributed by atoms with E-state index in [1.807, 2.05) is 25.5 Å². The topological polar surface area (TPSA) is 34.1 Å². The summed E-state index contributed by atoms with van der Waals surface area (Å²) in [6, 6.07) is 0.348. The molecule has 4 heteroatoms. The molecule has 0 fully saturated rings. The zero-order valence-electron chi connectivity index (χ0n) is 8.99. The molecular weight excluding hydrogens is 196 g/mol. The van der Waals surface area contributed by atoms with Crippen molar-refractivity contribution < 1.29 is 4.74 Å². The molecule has 0 aliphatic heterocycles. The molecule has 14 heavy (non-hydrogen) atoms. The first-order valence-electron chi connectivity index (χ1n) is 4.95. The van der Waals surface area contributed by atoms with Crippen molar-refractivity contribution in [2.75, 3.05) is 13.7 Å². The van der Waals surface area contributed by atoms with E-state index in [0.717, 1.165) is 18.0 Å². The molecule has 2 atom stereocenters. The summed E-state index contributed by atoms with van der Waals surface area (Å²) >= 11 is 1.70. The van der Waals surface area contributed by atoms with Crippen molar-refractivity contribution >= 4 is 11.3 Å². The first-order valence-corrected chi connectivity index (χ1v) is 5.83. The van der Waals surface area contributed by atoms with E-state index in [2.05, 4.69) is 17.2 Å². The molecular formula is C10H18N2OS. The minimum Gasteiger partial charge on any atom is -0.377 e. The van der Waals surface area contributed by atoms with Gasteiger partial charge in [0.15, 0.2) is 0 Å². The van der Waals surface area contributed by atoms with Crippen LogP contribution in [0.15, 0.2) is 11.6 Å². The highest BCUT2D eigenvalue weighted by atomic mass is 32.1. The van der Waals surface area contributed by atoms with Gasteiger partial charge in [-0.05, 0) is 20.9 Å². The van der Waals surface area contributed by atoms with Crippen molar-refractivity contribution in [2.24, 2.45) is 0 Å². The Morgan fingerprint density at radius 1 is 1.64 bits per heavy atom. The largest absolute Gasteiger partial charge is 0.377 e. The molecule has 1 rings (SSSR count). The quantitative estimate of drug-likeness (QED) is 0.782. The van der Waals surface area contributed by atoms with Gasteiger partial charge < -0.3 is 10.1 Å². The second-order valence-corrected chi connectivity index (χ2v) is 4.16. The summed E-state index contributed by atoms with van der Waals surface area (Å²) in [4.78, 5) is 4.27. The first-order chi connectivity index (χ1) is 6.77. The molecule has 2 unspecified atom stereocenters. The van der Waals surface area contributed by atoms with Crippen LogP contribution in [0.4, 0.5) is 0 Å². The van der Waals surface area contributed by atoms with E-state index >= 15 is 0 Å². The SMILES string of the molecule is CCOC(C)C(Cc1nccs1)NC. The van der Waals surface area contributed by atoms with Gasteiger partial charge in [0, 0.05) is 30.6 Å². The van der Waals surface area contributed by atoms with Crippen molar-refractivity contribution in [3.05, 3.63) is 16.6 Å². The van der Waals surface area contributed by atoms with Crippen molar-refractivity contribution in [3.63, 3.8) is 0 Å². The number of likely N-dealkylation sites (N-methyl/N-ethyl adjacent to an activating group) is 1. The second-order valence-electron chi connectivity index (χ2n) is 3.19. The van der Waals surface area contributed by atoms with Crippen LogP contribution in [-0.2, 0) is 11.2 Å². The second kappa shape index (κ2) is 6.11. The third kappa shape index (κ3) is 3.36. The van der Waals surface area contributed by atoms with Gasteiger partial charge in [-0.15, -0.1) is 11.3 Å². The van der Waals surface area contributed by atoms with Crippen LogP contribution in [0.25, 0.3) is 0 Å². The lowest BCUT2D eigenvalue weighted by Crippen LogP contribution is -2.39. The molecule has 1 aromatic heterocycles. The van der Waals surface area contributed by atoms with E-state index in [9.17, 15) is 0 Å². The average molecular weight is 214 g/mol. The summed E-state index contributed by atoms with van der Waals surface area (Å²) in [7, 11) is 1.97. The lowest BCUT2D eigenvalue weighted by atomic mass is 10.1. The fourth-order valence-electron chi connectivity index (χ4n) is 1.42. The van der Waals surface area contributed by atoms with Crippen LogP contribution in [0.2, 0.25) is 0 Å². The molecule has 1 heterocycles. The highest BCUT2D eigenvalue weighted by molar-refractivity contribution is 7.09. The number of nitrogens with one attached hydrogen (secondary N) is 1. The smallest absolute Gasteiger partial charge is 0.0941 e. The Hall–Kier alpha value is -0.450. The third-order valence-corrected chi connectivity index (χ3v) is 3.05. The molecule has 0 aliphatic rings. The van der Waals surface area contributed by atoms with Crippen molar-refractivity contribution in [1.82, 2.24) is 10.3 Å². The number of hydrogen-bond acceptors (Lipinski definition) is 4. The Morgan fingerprint density at radius 3 is 2.93 bits per heavy atom. The predicted octanol–water partition coefficient (Wildman–Crippen LogP) is 1.70. The maximum atomic E-state index is 5.56. The molecule has 80 valence electrons. The van der Waals surface area contributed by atoms with E-state index in [0.29, 0.717) is 6.04 Å². The molecule has 0 bridgehead atoms. The van der Waals surface area contributed by atoms with Crippen LogP contribution in [0.1, 0.15) is 18.9 Å². The van der Waals surface area contributed by atoms with E-state index in [1.54, 1.807) is 11.3 Å². The third-order valence-electron chi connectivity index (χ3n) is 2.24. The maximum absolute atomic E-state index is 5.56. The zero-order chi connectivity index (χ0) is 10.4. The van der Waals surface area contributed by atoms with Gasteiger partial charge in [-0.3, -0.25) is 0 Å². The summed E-state index contributed by atoms with van der Waals surface area (Å²) < 4.78 is 5.56. The average Bonchev–Trinajstić information content (AvgIpc) is 2.66. The molecule has 0 spiro atoms. The number of thiazole rings is 1. The Bertz CT molecular complexity index is 238. The summed E-state index contributed by atoms with van der Waals surface area (Å²) in [5.41, 5.74) is 0. The Kier molecular flexibility index (Phi) is 5.07. The van der Waals surface area contributed by atoms with E-state index in [-0.39, 0.29) is 6.10 Å². The number of rotatable bonds is 6. The van der Waals surface area contributed by atoms with Crippen LogP contribution < -0.4 is 5.32 Å².